The molecule has 0 spiro atoms. The number of piperidine rings is 1. The predicted octanol–water partition coefficient (Wildman–Crippen LogP) is 2.44. The van der Waals surface area contributed by atoms with Gasteiger partial charge in [0.15, 0.2) is 0 Å². The van der Waals surface area contributed by atoms with E-state index < -0.39 is 0 Å². The van der Waals surface area contributed by atoms with E-state index in [1.807, 2.05) is 24.7 Å². The van der Waals surface area contributed by atoms with E-state index in [-0.39, 0.29) is 5.56 Å². The Balaban J connectivity index is 1.44. The number of nitrogens with one attached hydrogen (secondary N) is 2. The van der Waals surface area contributed by atoms with Crippen LogP contribution in [-0.2, 0) is 13.0 Å². The van der Waals surface area contributed by atoms with E-state index in [2.05, 4.69) is 32.1 Å². The first-order chi connectivity index (χ1) is 12.2. The van der Waals surface area contributed by atoms with E-state index >= 15 is 0 Å². The molecule has 0 saturated carbocycles. The summed E-state index contributed by atoms with van der Waals surface area (Å²) in [7, 11) is 0. The number of H-pyrrole nitrogens is 1. The molecule has 1 aliphatic rings. The maximum absolute atomic E-state index is 11.1. The lowest BCUT2D eigenvalue weighted by atomic mass is 9.90. The van der Waals surface area contributed by atoms with Crippen molar-refractivity contribution in [2.24, 2.45) is 5.92 Å². The molecule has 0 atom stereocenters. The summed E-state index contributed by atoms with van der Waals surface area (Å²) in [6, 6.07) is 3.56. The number of hydrogen-bond donors (Lipinski definition) is 2. The number of anilines is 1. The van der Waals surface area contributed by atoms with Gasteiger partial charge in [0.05, 0.1) is 0 Å². The molecular weight excluding hydrogens is 314 g/mol. The molecule has 0 aromatic carbocycles. The molecule has 6 nitrogen and oxygen atoms in total. The van der Waals surface area contributed by atoms with Crippen LogP contribution < -0.4 is 10.9 Å². The van der Waals surface area contributed by atoms with Gasteiger partial charge < -0.3 is 10.3 Å². The van der Waals surface area contributed by atoms with Gasteiger partial charge in [0, 0.05) is 43.3 Å². The van der Waals surface area contributed by atoms with Gasteiger partial charge in [-0.05, 0) is 50.3 Å². The van der Waals surface area contributed by atoms with E-state index in [0.717, 1.165) is 39.0 Å². The van der Waals surface area contributed by atoms with Crippen LogP contribution in [0.1, 0.15) is 37.3 Å². The Bertz CT molecular complexity index is 684. The fraction of sp³-hybridized carbons (Fsp3) is 0.526. The number of rotatable bonds is 7. The van der Waals surface area contributed by atoms with E-state index in [0.29, 0.717) is 11.9 Å². The molecule has 2 aromatic rings. The lowest BCUT2D eigenvalue weighted by Crippen LogP contribution is -2.34. The van der Waals surface area contributed by atoms with Crippen LogP contribution in [0, 0.1) is 5.92 Å². The number of nitrogens with zero attached hydrogens (tertiary/aromatic N) is 3. The highest BCUT2D eigenvalue weighted by Crippen LogP contribution is 2.22. The molecule has 0 radical (unpaired) electrons. The minimum atomic E-state index is -0.0308. The van der Waals surface area contributed by atoms with Gasteiger partial charge in [-0.2, -0.15) is 0 Å². The molecule has 3 rings (SSSR count). The SMILES string of the molecule is CCCNc1ncc(CN2CCC(Cc3ccc(=O)[nH]c3)CC2)cn1. The summed E-state index contributed by atoms with van der Waals surface area (Å²) >= 11 is 0. The van der Waals surface area contributed by atoms with E-state index in [4.69, 9.17) is 0 Å². The minimum absolute atomic E-state index is 0.0308. The zero-order valence-electron chi connectivity index (χ0n) is 14.9. The van der Waals surface area contributed by atoms with Gasteiger partial charge in [0.2, 0.25) is 11.5 Å². The standard InChI is InChI=1S/C19H27N5O/c1-2-7-20-19-22-12-17(13-23-19)14-24-8-5-15(6-9-24)10-16-3-4-18(25)21-11-16/h3-4,11-13,15H,2,5-10,14H2,1H3,(H,21,25)(H,20,22,23). The lowest BCUT2D eigenvalue weighted by Gasteiger charge is -2.31. The molecule has 0 bridgehead atoms. The third kappa shape index (κ3) is 5.39. The highest BCUT2D eigenvalue weighted by atomic mass is 16.1. The summed E-state index contributed by atoms with van der Waals surface area (Å²) in [4.78, 5) is 25.1. The first kappa shape index (κ1) is 17.6. The Hall–Kier alpha value is -2.21. The van der Waals surface area contributed by atoms with Crippen molar-refractivity contribution >= 4 is 5.95 Å². The maximum Gasteiger partial charge on any atom is 0.247 e. The molecule has 3 heterocycles. The molecule has 25 heavy (non-hydrogen) atoms. The zero-order chi connectivity index (χ0) is 17.5. The normalized spacial score (nSPS) is 16.0. The van der Waals surface area contributed by atoms with E-state index in [1.165, 1.54) is 24.0 Å². The van der Waals surface area contributed by atoms with Crippen LogP contribution in [0.15, 0.2) is 35.5 Å². The van der Waals surface area contributed by atoms with Crippen molar-refractivity contribution in [3.8, 4) is 0 Å². The van der Waals surface area contributed by atoms with Gasteiger partial charge in [0.1, 0.15) is 0 Å². The molecule has 1 fully saturated rings. The molecule has 2 aromatic heterocycles. The molecule has 1 aliphatic heterocycles. The van der Waals surface area contributed by atoms with Crippen molar-refractivity contribution in [2.45, 2.75) is 39.2 Å². The van der Waals surface area contributed by atoms with Gasteiger partial charge in [0.25, 0.3) is 0 Å². The van der Waals surface area contributed by atoms with Crippen LogP contribution in [-0.4, -0.2) is 39.5 Å². The predicted molar refractivity (Wildman–Crippen MR) is 99.6 cm³/mol. The topological polar surface area (TPSA) is 73.9 Å². The largest absolute Gasteiger partial charge is 0.354 e. The third-order valence-corrected chi connectivity index (χ3v) is 4.72. The molecule has 1 saturated heterocycles. The lowest BCUT2D eigenvalue weighted by molar-refractivity contribution is 0.176. The van der Waals surface area contributed by atoms with Crippen LogP contribution in [0.25, 0.3) is 0 Å². The van der Waals surface area contributed by atoms with E-state index in [1.54, 1.807) is 6.07 Å². The van der Waals surface area contributed by atoms with Crippen molar-refractivity contribution < 1.29 is 0 Å². The van der Waals surface area contributed by atoms with Crippen molar-refractivity contribution in [1.29, 1.82) is 0 Å². The fourth-order valence-electron chi connectivity index (χ4n) is 3.27. The van der Waals surface area contributed by atoms with Crippen molar-refractivity contribution in [2.75, 3.05) is 25.0 Å². The summed E-state index contributed by atoms with van der Waals surface area (Å²) in [6.07, 6.45) is 10.2. The van der Waals surface area contributed by atoms with Gasteiger partial charge >= 0.3 is 0 Å². The molecule has 6 heteroatoms. The summed E-state index contributed by atoms with van der Waals surface area (Å²) in [5.74, 6) is 1.41. The Morgan fingerprint density at radius 3 is 2.60 bits per heavy atom. The minimum Gasteiger partial charge on any atom is -0.354 e. The Morgan fingerprint density at radius 1 is 1.20 bits per heavy atom. The van der Waals surface area contributed by atoms with Crippen LogP contribution in [0.3, 0.4) is 0 Å². The van der Waals surface area contributed by atoms with Crippen LogP contribution in [0.4, 0.5) is 5.95 Å². The smallest absolute Gasteiger partial charge is 0.247 e. The summed E-state index contributed by atoms with van der Waals surface area (Å²) < 4.78 is 0. The maximum atomic E-state index is 11.1. The van der Waals surface area contributed by atoms with E-state index in [9.17, 15) is 4.79 Å². The highest BCUT2D eigenvalue weighted by Gasteiger charge is 2.19. The third-order valence-electron chi connectivity index (χ3n) is 4.72. The van der Waals surface area contributed by atoms with Gasteiger partial charge in [-0.3, -0.25) is 9.69 Å². The number of hydrogen-bond acceptors (Lipinski definition) is 5. The Kier molecular flexibility index (Phi) is 6.17. The molecule has 0 unspecified atom stereocenters. The van der Waals surface area contributed by atoms with Crippen LogP contribution >= 0.6 is 0 Å². The average Bonchev–Trinajstić information content (AvgIpc) is 2.65. The summed E-state index contributed by atoms with van der Waals surface area (Å²) in [5.41, 5.74) is 2.36. The monoisotopic (exact) mass is 341 g/mol. The van der Waals surface area contributed by atoms with Gasteiger partial charge in [-0.1, -0.05) is 13.0 Å². The van der Waals surface area contributed by atoms with Crippen molar-refractivity contribution in [3.63, 3.8) is 0 Å². The highest BCUT2D eigenvalue weighted by molar-refractivity contribution is 5.24. The first-order valence-electron chi connectivity index (χ1n) is 9.17. The first-order valence-corrected chi connectivity index (χ1v) is 9.17. The summed E-state index contributed by atoms with van der Waals surface area (Å²) in [5, 5.41) is 3.20. The molecule has 0 amide bonds. The number of pyridine rings is 1. The Morgan fingerprint density at radius 2 is 1.96 bits per heavy atom. The van der Waals surface area contributed by atoms with Gasteiger partial charge in [-0.15, -0.1) is 0 Å². The second-order valence-corrected chi connectivity index (χ2v) is 6.83. The molecule has 134 valence electrons. The molecule has 0 aliphatic carbocycles. The summed E-state index contributed by atoms with van der Waals surface area (Å²) in [6.45, 7) is 6.15. The van der Waals surface area contributed by atoms with Gasteiger partial charge in [-0.25, -0.2) is 9.97 Å². The van der Waals surface area contributed by atoms with Crippen LogP contribution in [0.2, 0.25) is 0 Å². The average molecular weight is 341 g/mol. The van der Waals surface area contributed by atoms with Crippen LogP contribution in [0.5, 0.6) is 0 Å². The number of aromatic amines is 1. The fourth-order valence-corrected chi connectivity index (χ4v) is 3.27. The zero-order valence-corrected chi connectivity index (χ0v) is 14.9. The quantitative estimate of drug-likeness (QED) is 0.809. The second-order valence-electron chi connectivity index (χ2n) is 6.83. The Labute approximate surface area is 148 Å². The number of aromatic nitrogens is 3. The molecule has 2 N–H and O–H groups in total. The van der Waals surface area contributed by atoms with Crippen molar-refractivity contribution in [3.05, 3.63) is 52.2 Å². The molecular formula is C19H27N5O. The number of likely N-dealkylation sites (tertiary alicyclic amines) is 1. The van der Waals surface area contributed by atoms with Crippen molar-refractivity contribution in [1.82, 2.24) is 19.9 Å². The second kappa shape index (κ2) is 8.76.